The minimum absolute atomic E-state index is 1.46. The first-order valence-electron chi connectivity index (χ1n) is 1.77. The molecule has 0 amide bonds. The first kappa shape index (κ1) is 1.55. The summed E-state index contributed by atoms with van der Waals surface area (Å²) in [6, 6.07) is 0. The van der Waals surface area contributed by atoms with Crippen molar-refractivity contribution in [2.24, 2.45) is 0 Å². The minimum atomic E-state index is -1.50. The summed E-state index contributed by atoms with van der Waals surface area (Å²) >= 11 is 0. The van der Waals surface area contributed by atoms with Gasteiger partial charge in [0.15, 0.2) is 0 Å². The highest BCUT2D eigenvalue weighted by Crippen LogP contribution is 1.39. The highest BCUT2D eigenvalue weighted by Gasteiger charge is 1.80. The van der Waals surface area contributed by atoms with Crippen LogP contribution >= 0.6 is 0 Å². The maximum Gasteiger partial charge on any atom is 0.368 e. The average molecular weight is 76.0 g/mol. The number of carbonyl (C=O) groups is 2. The zero-order chi connectivity index (χ0) is 5.86. The summed E-state index contributed by atoms with van der Waals surface area (Å²) in [6.45, 7) is 0. The number of hydrogen-bond donors (Lipinski definition) is 1. The maximum absolute atomic E-state index is 9.56. The standard InChI is InChI=1S/C2H2O3/c3-1-2(4)5/h1H,(H,4,5)/i1D/hD. The number of carboxylic acid groups (broad SMARTS) is 1. The van der Waals surface area contributed by atoms with Crippen molar-refractivity contribution < 1.29 is 16.1 Å². The molecule has 0 rings (SSSR count). The Labute approximate surface area is 31.1 Å². The predicted molar refractivity (Wildman–Crippen MR) is 13.7 cm³/mol. The highest BCUT2D eigenvalue weighted by molar-refractivity contribution is 6.19. The third kappa shape index (κ3) is 3.14. The van der Waals surface area contributed by atoms with E-state index in [1.165, 1.54) is 0 Å². The smallest absolute Gasteiger partial charge is 0.368 e. The van der Waals surface area contributed by atoms with Gasteiger partial charge in [0, 0.05) is 0 Å². The van der Waals surface area contributed by atoms with Crippen LogP contribution in [0.15, 0.2) is 0 Å². The van der Waals surface area contributed by atoms with Crippen LogP contribution in [0.3, 0.4) is 0 Å². The van der Waals surface area contributed by atoms with Crippen LogP contribution < -0.4 is 0 Å². The lowest BCUT2D eigenvalue weighted by Gasteiger charge is -1.59. The van der Waals surface area contributed by atoms with E-state index >= 15 is 0 Å². The van der Waals surface area contributed by atoms with Crippen LogP contribution in [0.5, 0.6) is 0 Å². The lowest BCUT2D eigenvalue weighted by molar-refractivity contribution is -0.143. The molecule has 0 aromatic carbocycles. The molecule has 0 spiro atoms. The Bertz CT molecular complexity index is 99.1. The molecule has 0 radical (unpaired) electrons. The van der Waals surface area contributed by atoms with Crippen LogP contribution in [0.2, 0.25) is 0 Å². The maximum atomic E-state index is 9.56. The number of hydrogen-bond acceptors (Lipinski definition) is 3. The first-order valence-corrected chi connectivity index (χ1v) is 0.862. The van der Waals surface area contributed by atoms with Gasteiger partial charge in [-0.3, -0.25) is 4.79 Å². The summed E-state index contributed by atoms with van der Waals surface area (Å²) in [5.41, 5.74) is 0. The Hall–Kier alpha value is -0.860. The molecule has 5 heavy (non-hydrogen) atoms. The molecular weight excluding hydrogens is 72.0 g/mol. The first-order chi connectivity index (χ1) is 3.18. The van der Waals surface area contributed by atoms with Gasteiger partial charge in [0.05, 0.1) is 0 Å². The third-order valence-corrected chi connectivity index (χ3v) is 0.0833. The van der Waals surface area contributed by atoms with Crippen molar-refractivity contribution in [3.05, 3.63) is 0 Å². The predicted octanol–water partition coefficient (Wildman–Crippen LogP) is -0.730. The van der Waals surface area contributed by atoms with E-state index in [0.717, 1.165) is 0 Å². The van der Waals surface area contributed by atoms with Crippen LogP contribution in [-0.4, -0.2) is 17.3 Å². The molecule has 0 saturated heterocycles. The van der Waals surface area contributed by atoms with Gasteiger partial charge in [0.25, 0.3) is 1.43 Å². The molecule has 3 heteroatoms. The summed E-state index contributed by atoms with van der Waals surface area (Å²) in [4.78, 5) is 19.0. The molecular formula is C2H2O3. The Morgan fingerprint density at radius 3 is 3.00 bits per heavy atom. The fourth-order valence-corrected chi connectivity index (χ4v) is 0. The zero-order valence-electron chi connectivity index (χ0n) is 4.22. The molecule has 28 valence electrons. The number of carbonyl (C=O) groups excluding carboxylic acids is 1. The molecule has 0 aliphatic carbocycles. The van der Waals surface area contributed by atoms with Crippen LogP contribution in [-0.2, 0) is 9.59 Å². The second kappa shape index (κ2) is 1.46. The summed E-state index contributed by atoms with van der Waals surface area (Å²) in [6.07, 6.45) is -1.50. The molecule has 0 fully saturated rings. The summed E-state index contributed by atoms with van der Waals surface area (Å²) < 4.78 is 11.7. The SMILES string of the molecule is [2H]OC(=O)C([2H])=O. The average Bonchev–Trinajstić information content (AvgIpc) is 1.65. The van der Waals surface area contributed by atoms with Crippen molar-refractivity contribution >= 4 is 12.2 Å². The topological polar surface area (TPSA) is 54.4 Å². The Kier molecular flexibility index (Phi) is 0.451. The van der Waals surface area contributed by atoms with Crippen molar-refractivity contribution in [2.45, 2.75) is 0 Å². The number of rotatable bonds is 1. The normalized spacial score (nSPS) is 11.2. The van der Waals surface area contributed by atoms with Gasteiger partial charge < -0.3 is 5.11 Å². The summed E-state index contributed by atoms with van der Waals surface area (Å²) in [5.74, 6) is -1.46. The lowest BCUT2D eigenvalue weighted by Crippen LogP contribution is -1.91. The van der Waals surface area contributed by atoms with Crippen LogP contribution in [0, 0.1) is 0 Å². The van der Waals surface area contributed by atoms with Crippen LogP contribution in [0.25, 0.3) is 1.43 Å². The monoisotopic (exact) mass is 76.0 g/mol. The minimum Gasteiger partial charge on any atom is -0.476 e. The van der Waals surface area contributed by atoms with E-state index in [2.05, 4.69) is 5.11 Å². The second-order valence-corrected chi connectivity index (χ2v) is 0.390. The largest absolute Gasteiger partial charge is 0.476 e. The van der Waals surface area contributed by atoms with Gasteiger partial charge in [-0.2, -0.15) is 0 Å². The molecule has 0 aliphatic rings. The second-order valence-electron chi connectivity index (χ2n) is 0.390. The van der Waals surface area contributed by atoms with Gasteiger partial charge in [-0.15, -0.1) is 0 Å². The van der Waals surface area contributed by atoms with E-state index in [9.17, 15) is 9.59 Å². The molecule has 0 unspecified atom stereocenters. The molecule has 0 atom stereocenters. The van der Waals surface area contributed by atoms with E-state index in [0.29, 0.717) is 0 Å². The van der Waals surface area contributed by atoms with Crippen molar-refractivity contribution in [3.63, 3.8) is 0 Å². The van der Waals surface area contributed by atoms with E-state index in [-0.39, 0.29) is 0 Å². The van der Waals surface area contributed by atoms with E-state index in [1.54, 1.807) is 0 Å². The lowest BCUT2D eigenvalue weighted by atomic mass is 10.8. The molecule has 0 aliphatic heterocycles. The fraction of sp³-hybridized carbons (Fsp3) is 0. The number of aliphatic carboxylic acids is 1. The van der Waals surface area contributed by atoms with Crippen molar-refractivity contribution in [1.29, 1.82) is 1.43 Å². The molecule has 0 aromatic rings. The van der Waals surface area contributed by atoms with Crippen LogP contribution in [0.1, 0.15) is 1.37 Å². The number of carboxylic acids is 1. The van der Waals surface area contributed by atoms with Crippen molar-refractivity contribution in [2.75, 3.05) is 0 Å². The van der Waals surface area contributed by atoms with Gasteiger partial charge >= 0.3 is 5.97 Å². The van der Waals surface area contributed by atoms with Gasteiger partial charge in [-0.25, -0.2) is 4.79 Å². The Morgan fingerprint density at radius 1 is 2.40 bits per heavy atom. The molecule has 0 aromatic heterocycles. The Balaban J connectivity index is 3.58. The quantitative estimate of drug-likeness (QED) is 0.331. The molecule has 1 N–H and O–H groups in total. The van der Waals surface area contributed by atoms with Crippen LogP contribution in [0.4, 0.5) is 0 Å². The molecule has 3 nitrogen and oxygen atoms in total. The molecule has 0 saturated carbocycles. The molecule has 0 bridgehead atoms. The van der Waals surface area contributed by atoms with Crippen molar-refractivity contribution in [3.8, 4) is 0 Å². The summed E-state index contributed by atoms with van der Waals surface area (Å²) in [5, 5.41) is 3.09. The van der Waals surface area contributed by atoms with Gasteiger partial charge in [0.1, 0.15) is 1.37 Å². The highest BCUT2D eigenvalue weighted by atomic mass is 16.4. The van der Waals surface area contributed by atoms with E-state index in [1.807, 2.05) is 0 Å². The third-order valence-electron chi connectivity index (χ3n) is 0.0833. The van der Waals surface area contributed by atoms with Gasteiger partial charge in [-0.1, -0.05) is 0 Å². The zero-order valence-corrected chi connectivity index (χ0v) is 2.22. The van der Waals surface area contributed by atoms with Crippen molar-refractivity contribution in [1.82, 2.24) is 0 Å². The Morgan fingerprint density at radius 2 is 3.00 bits per heavy atom. The van der Waals surface area contributed by atoms with E-state index < -0.39 is 12.2 Å². The molecule has 0 heterocycles. The summed E-state index contributed by atoms with van der Waals surface area (Å²) in [7, 11) is 0. The van der Waals surface area contributed by atoms with Gasteiger partial charge in [0.2, 0.25) is 6.26 Å². The van der Waals surface area contributed by atoms with Gasteiger partial charge in [-0.05, 0) is 0 Å². The number of aldehydes is 1. The van der Waals surface area contributed by atoms with E-state index in [4.69, 9.17) is 2.80 Å². The fourth-order valence-electron chi connectivity index (χ4n) is 0.